The molecule has 3 nitrogen and oxygen atoms in total. The van der Waals surface area contributed by atoms with Crippen LogP contribution in [0.1, 0.15) is 43.4 Å². The Balaban J connectivity index is 1.84. The zero-order chi connectivity index (χ0) is 19.9. The van der Waals surface area contributed by atoms with Crippen LogP contribution in [0.2, 0.25) is 0 Å². The normalized spacial score (nSPS) is 23.6. The van der Waals surface area contributed by atoms with Crippen LogP contribution in [-0.2, 0) is 16.6 Å². The number of aryl methyl sites for hydroxylation is 1. The number of benzene rings is 2. The highest BCUT2D eigenvalue weighted by Gasteiger charge is 2.66. The molecule has 1 aliphatic carbocycles. The van der Waals surface area contributed by atoms with E-state index in [2.05, 4.69) is 29.4 Å². The number of carbonyl (C=O) groups excluding carboxylic acids is 1. The average Bonchev–Trinajstić information content (AvgIpc) is 3.26. The number of halogens is 1. The van der Waals surface area contributed by atoms with Gasteiger partial charge in [-0.25, -0.2) is 4.39 Å². The molecule has 0 aliphatic heterocycles. The molecule has 28 heavy (non-hydrogen) atoms. The van der Waals surface area contributed by atoms with Crippen molar-refractivity contribution in [3.05, 3.63) is 77.2 Å². The molecule has 3 aromatic rings. The Bertz CT molecular complexity index is 1050. The number of rotatable bonds is 5. The van der Waals surface area contributed by atoms with Gasteiger partial charge in [0.2, 0.25) is 5.91 Å². The van der Waals surface area contributed by atoms with E-state index in [0.717, 1.165) is 29.4 Å². The van der Waals surface area contributed by atoms with Gasteiger partial charge < -0.3 is 5.32 Å². The van der Waals surface area contributed by atoms with Crippen molar-refractivity contribution in [3.8, 4) is 0 Å². The fraction of sp³-hybridized carbons (Fsp3) is 0.333. The maximum atomic E-state index is 14.2. The Morgan fingerprint density at radius 2 is 1.93 bits per heavy atom. The first-order valence-electron chi connectivity index (χ1n) is 9.79. The molecule has 1 aliphatic rings. The third kappa shape index (κ3) is 2.88. The lowest BCUT2D eigenvalue weighted by atomic mass is 9.82. The molecule has 2 atom stereocenters. The highest BCUT2D eigenvalue weighted by molar-refractivity contribution is 5.84. The van der Waals surface area contributed by atoms with Gasteiger partial charge in [-0.05, 0) is 49.4 Å². The Kier molecular flexibility index (Phi) is 4.45. The van der Waals surface area contributed by atoms with Crippen LogP contribution in [0, 0.1) is 12.7 Å². The zero-order valence-corrected chi connectivity index (χ0v) is 16.6. The van der Waals surface area contributed by atoms with E-state index in [1.54, 1.807) is 6.07 Å². The molecule has 1 saturated carbocycles. The minimum atomic E-state index is -0.344. The predicted octanol–water partition coefficient (Wildman–Crippen LogP) is 4.85. The van der Waals surface area contributed by atoms with Gasteiger partial charge in [0, 0.05) is 29.0 Å². The van der Waals surface area contributed by atoms with Crippen LogP contribution >= 0.6 is 0 Å². The molecule has 0 radical (unpaired) electrons. The van der Waals surface area contributed by atoms with E-state index in [-0.39, 0.29) is 22.7 Å². The van der Waals surface area contributed by atoms with E-state index in [0.29, 0.717) is 11.9 Å². The summed E-state index contributed by atoms with van der Waals surface area (Å²) in [5.74, 6) is -0.253. The second kappa shape index (κ2) is 6.69. The van der Waals surface area contributed by atoms with Crippen molar-refractivity contribution in [2.24, 2.45) is 0 Å². The summed E-state index contributed by atoms with van der Waals surface area (Å²) in [5.41, 5.74) is 3.15. The highest BCUT2D eigenvalue weighted by atomic mass is 19.1. The first kappa shape index (κ1) is 18.6. The Labute approximate surface area is 165 Å². The van der Waals surface area contributed by atoms with Crippen LogP contribution in [0.5, 0.6) is 0 Å². The lowest BCUT2D eigenvalue weighted by Crippen LogP contribution is -2.41. The molecule has 4 heteroatoms. The fourth-order valence-corrected chi connectivity index (χ4v) is 4.61. The number of para-hydroxylation sites is 1. The van der Waals surface area contributed by atoms with Gasteiger partial charge in [0.25, 0.3) is 0 Å². The quantitative estimate of drug-likeness (QED) is 0.691. The van der Waals surface area contributed by atoms with Crippen LogP contribution in [0.3, 0.4) is 0 Å². The topological polar surface area (TPSA) is 42.0 Å². The maximum absolute atomic E-state index is 14.2. The standard InChI is InChI=1S/C24H25FN2O/c1-4-21(28)27-23(3)15-24(23,13-17-9-6-5-7-10-17)19-14-26-22-18(16(19)2)11-8-12-20(22)25/h5-12,14H,4,13,15H2,1-3H3,(H,27,28). The molecule has 1 amide bonds. The molecule has 0 saturated heterocycles. The summed E-state index contributed by atoms with van der Waals surface area (Å²) in [5, 5.41) is 4.07. The SMILES string of the molecule is CCC(=O)NC1(C)CC1(Cc1ccccc1)c1cnc2c(F)cccc2c1C. The van der Waals surface area contributed by atoms with Crippen molar-refractivity contribution in [3.63, 3.8) is 0 Å². The number of aromatic nitrogens is 1. The summed E-state index contributed by atoms with van der Waals surface area (Å²) in [6, 6.07) is 15.4. The van der Waals surface area contributed by atoms with Crippen LogP contribution in [-0.4, -0.2) is 16.4 Å². The Morgan fingerprint density at radius 3 is 2.64 bits per heavy atom. The van der Waals surface area contributed by atoms with E-state index in [1.165, 1.54) is 11.6 Å². The molecule has 0 spiro atoms. The minimum absolute atomic E-state index is 0.0508. The predicted molar refractivity (Wildman–Crippen MR) is 110 cm³/mol. The van der Waals surface area contributed by atoms with Gasteiger partial charge in [-0.15, -0.1) is 0 Å². The van der Waals surface area contributed by atoms with Crippen molar-refractivity contribution < 1.29 is 9.18 Å². The lowest BCUT2D eigenvalue weighted by Gasteiger charge is -2.26. The fourth-order valence-electron chi connectivity index (χ4n) is 4.61. The Morgan fingerprint density at radius 1 is 1.18 bits per heavy atom. The largest absolute Gasteiger partial charge is 0.350 e. The van der Waals surface area contributed by atoms with E-state index >= 15 is 0 Å². The molecular weight excluding hydrogens is 351 g/mol. The van der Waals surface area contributed by atoms with Crippen molar-refractivity contribution in [2.75, 3.05) is 0 Å². The number of amides is 1. The summed E-state index contributed by atoms with van der Waals surface area (Å²) < 4.78 is 14.2. The number of pyridine rings is 1. The number of nitrogens with zero attached hydrogens (tertiary/aromatic N) is 1. The van der Waals surface area contributed by atoms with Gasteiger partial charge in [-0.1, -0.05) is 49.4 Å². The third-order valence-corrected chi connectivity index (χ3v) is 6.30. The molecule has 4 rings (SSSR count). The van der Waals surface area contributed by atoms with Gasteiger partial charge in [-0.2, -0.15) is 0 Å². The van der Waals surface area contributed by atoms with E-state index in [9.17, 15) is 9.18 Å². The van der Waals surface area contributed by atoms with E-state index < -0.39 is 0 Å². The summed E-state index contributed by atoms with van der Waals surface area (Å²) in [6.45, 7) is 6.01. The monoisotopic (exact) mass is 376 g/mol. The molecular formula is C24H25FN2O. The number of nitrogens with one attached hydrogen (secondary N) is 1. The van der Waals surface area contributed by atoms with Gasteiger partial charge in [0.05, 0.1) is 0 Å². The number of fused-ring (bicyclic) bond motifs is 1. The van der Waals surface area contributed by atoms with E-state index in [1.807, 2.05) is 44.3 Å². The molecule has 1 N–H and O–H groups in total. The molecule has 144 valence electrons. The van der Waals surface area contributed by atoms with Crippen LogP contribution in [0.15, 0.2) is 54.7 Å². The summed E-state index contributed by atoms with van der Waals surface area (Å²) in [6.07, 6.45) is 3.91. The second-order valence-corrected chi connectivity index (χ2v) is 8.09. The molecule has 0 bridgehead atoms. The van der Waals surface area contributed by atoms with Crippen molar-refractivity contribution in [2.45, 2.75) is 51.0 Å². The smallest absolute Gasteiger partial charge is 0.220 e. The van der Waals surface area contributed by atoms with Gasteiger partial charge in [0.15, 0.2) is 0 Å². The maximum Gasteiger partial charge on any atom is 0.220 e. The Hall–Kier alpha value is -2.75. The zero-order valence-electron chi connectivity index (χ0n) is 16.6. The molecule has 1 heterocycles. The highest BCUT2D eigenvalue weighted by Crippen LogP contribution is 2.60. The molecule has 1 aromatic heterocycles. The lowest BCUT2D eigenvalue weighted by molar-refractivity contribution is -0.121. The summed E-state index contributed by atoms with van der Waals surface area (Å²) >= 11 is 0. The number of carbonyl (C=O) groups is 1. The number of hydrogen-bond acceptors (Lipinski definition) is 2. The molecule has 2 aromatic carbocycles. The van der Waals surface area contributed by atoms with E-state index in [4.69, 9.17) is 0 Å². The van der Waals surface area contributed by atoms with Crippen LogP contribution < -0.4 is 5.32 Å². The molecule has 2 unspecified atom stereocenters. The van der Waals surface area contributed by atoms with Gasteiger partial charge >= 0.3 is 0 Å². The summed E-state index contributed by atoms with van der Waals surface area (Å²) in [7, 11) is 0. The van der Waals surface area contributed by atoms with Crippen molar-refractivity contribution in [1.82, 2.24) is 10.3 Å². The summed E-state index contributed by atoms with van der Waals surface area (Å²) in [4.78, 5) is 16.7. The second-order valence-electron chi connectivity index (χ2n) is 8.09. The van der Waals surface area contributed by atoms with Crippen molar-refractivity contribution >= 4 is 16.8 Å². The molecule has 1 fully saturated rings. The van der Waals surface area contributed by atoms with Gasteiger partial charge in [-0.3, -0.25) is 9.78 Å². The minimum Gasteiger partial charge on any atom is -0.350 e. The number of hydrogen-bond donors (Lipinski definition) is 1. The first-order valence-corrected chi connectivity index (χ1v) is 9.79. The first-order chi connectivity index (χ1) is 13.4. The van der Waals surface area contributed by atoms with Crippen molar-refractivity contribution in [1.29, 1.82) is 0 Å². The van der Waals surface area contributed by atoms with Crippen LogP contribution in [0.4, 0.5) is 4.39 Å². The third-order valence-electron chi connectivity index (χ3n) is 6.30. The average molecular weight is 376 g/mol. The van der Waals surface area contributed by atoms with Gasteiger partial charge in [0.1, 0.15) is 11.3 Å². The van der Waals surface area contributed by atoms with Crippen LogP contribution in [0.25, 0.3) is 10.9 Å².